The minimum atomic E-state index is 0.198. The average Bonchev–Trinajstić information content (AvgIpc) is 2.35. The highest BCUT2D eigenvalue weighted by Gasteiger charge is 2.09. The van der Waals surface area contributed by atoms with E-state index in [-0.39, 0.29) is 12.1 Å². The summed E-state index contributed by atoms with van der Waals surface area (Å²) in [6.45, 7) is 4.38. The van der Waals surface area contributed by atoms with Crippen molar-refractivity contribution >= 4 is 0 Å². The lowest BCUT2D eigenvalue weighted by Crippen LogP contribution is -2.40. The van der Waals surface area contributed by atoms with Gasteiger partial charge in [0.25, 0.3) is 0 Å². The Morgan fingerprint density at radius 3 is 1.59 bits per heavy atom. The van der Waals surface area contributed by atoms with Gasteiger partial charge in [-0.15, -0.1) is 0 Å². The molecule has 0 aromatic heterocycles. The van der Waals surface area contributed by atoms with Gasteiger partial charge in [0.15, 0.2) is 0 Å². The second kappa shape index (κ2) is 12.4. The molecule has 0 saturated carbocycles. The van der Waals surface area contributed by atoms with Gasteiger partial charge in [0, 0.05) is 12.1 Å². The monoisotopic (exact) mass is 242 g/mol. The first-order chi connectivity index (χ1) is 8.22. The third-order valence-electron chi connectivity index (χ3n) is 3.66. The van der Waals surface area contributed by atoms with Crippen molar-refractivity contribution in [2.75, 3.05) is 0 Å². The number of hydrogen-bond donors (Lipinski definition) is 2. The van der Waals surface area contributed by atoms with Gasteiger partial charge in [0.1, 0.15) is 0 Å². The quantitative estimate of drug-likeness (QED) is 0.509. The van der Waals surface area contributed by atoms with Crippen molar-refractivity contribution in [1.82, 2.24) is 0 Å². The Morgan fingerprint density at radius 2 is 1.12 bits per heavy atom. The zero-order valence-corrected chi connectivity index (χ0v) is 12.1. The van der Waals surface area contributed by atoms with E-state index in [1.807, 2.05) is 0 Å². The third kappa shape index (κ3) is 10.8. The molecule has 104 valence electrons. The van der Waals surface area contributed by atoms with E-state index in [9.17, 15) is 0 Å². The Balaban J connectivity index is 3.13. The molecule has 2 nitrogen and oxygen atoms in total. The van der Waals surface area contributed by atoms with Crippen molar-refractivity contribution in [2.24, 2.45) is 11.5 Å². The lowest BCUT2D eigenvalue weighted by atomic mass is 10.00. The summed E-state index contributed by atoms with van der Waals surface area (Å²) in [6, 6.07) is 0.411. The fourth-order valence-corrected chi connectivity index (χ4v) is 2.21. The van der Waals surface area contributed by atoms with Crippen LogP contribution in [0.4, 0.5) is 0 Å². The summed E-state index contributed by atoms with van der Waals surface area (Å²) in [5, 5.41) is 0. The predicted octanol–water partition coefficient (Wildman–Crippen LogP) is 3.97. The van der Waals surface area contributed by atoms with Crippen molar-refractivity contribution < 1.29 is 0 Å². The minimum absolute atomic E-state index is 0.198. The van der Waals surface area contributed by atoms with Crippen LogP contribution in [0.25, 0.3) is 0 Å². The Kier molecular flexibility index (Phi) is 12.3. The molecule has 0 aliphatic rings. The van der Waals surface area contributed by atoms with Gasteiger partial charge >= 0.3 is 0 Å². The van der Waals surface area contributed by atoms with Crippen molar-refractivity contribution in [2.45, 2.75) is 96.6 Å². The Bertz CT molecular complexity index is 148. The first-order valence-corrected chi connectivity index (χ1v) is 7.73. The minimum Gasteiger partial charge on any atom is -0.326 e. The third-order valence-corrected chi connectivity index (χ3v) is 3.66. The Morgan fingerprint density at radius 1 is 0.647 bits per heavy atom. The molecule has 17 heavy (non-hydrogen) atoms. The summed E-state index contributed by atoms with van der Waals surface area (Å²) >= 11 is 0. The summed E-state index contributed by atoms with van der Waals surface area (Å²) < 4.78 is 0. The van der Waals surface area contributed by atoms with Crippen molar-refractivity contribution in [3.8, 4) is 0 Å². The van der Waals surface area contributed by atoms with E-state index in [0.717, 1.165) is 12.8 Å². The molecular formula is C15H34N2. The fraction of sp³-hybridized carbons (Fsp3) is 1.00. The van der Waals surface area contributed by atoms with Gasteiger partial charge in [-0.3, -0.25) is 0 Å². The van der Waals surface area contributed by atoms with Crippen LogP contribution >= 0.6 is 0 Å². The molecule has 0 aliphatic carbocycles. The second-order valence-corrected chi connectivity index (χ2v) is 5.35. The van der Waals surface area contributed by atoms with Gasteiger partial charge in [-0.05, 0) is 12.8 Å². The molecule has 0 amide bonds. The van der Waals surface area contributed by atoms with E-state index in [4.69, 9.17) is 11.5 Å². The molecule has 0 saturated heterocycles. The van der Waals surface area contributed by atoms with Crippen LogP contribution in [-0.4, -0.2) is 12.1 Å². The molecule has 4 N–H and O–H groups in total. The molecule has 2 unspecified atom stereocenters. The van der Waals surface area contributed by atoms with E-state index in [2.05, 4.69) is 13.8 Å². The summed E-state index contributed by atoms with van der Waals surface area (Å²) in [4.78, 5) is 0. The largest absolute Gasteiger partial charge is 0.326 e. The summed E-state index contributed by atoms with van der Waals surface area (Å²) in [6.07, 6.45) is 14.5. The van der Waals surface area contributed by atoms with Crippen LogP contribution in [0.5, 0.6) is 0 Å². The molecule has 0 spiro atoms. The van der Waals surface area contributed by atoms with Crippen LogP contribution in [0, 0.1) is 0 Å². The van der Waals surface area contributed by atoms with Crippen molar-refractivity contribution in [3.63, 3.8) is 0 Å². The normalized spacial score (nSPS) is 14.8. The highest BCUT2D eigenvalue weighted by Crippen LogP contribution is 2.11. The lowest BCUT2D eigenvalue weighted by Gasteiger charge is -2.17. The van der Waals surface area contributed by atoms with Gasteiger partial charge in [-0.2, -0.15) is 0 Å². The zero-order valence-electron chi connectivity index (χ0n) is 12.1. The number of hydrogen-bond acceptors (Lipinski definition) is 2. The Hall–Kier alpha value is -0.0800. The second-order valence-electron chi connectivity index (χ2n) is 5.35. The van der Waals surface area contributed by atoms with Crippen LogP contribution in [0.15, 0.2) is 0 Å². The van der Waals surface area contributed by atoms with E-state index < -0.39 is 0 Å². The zero-order chi connectivity index (χ0) is 12.9. The van der Waals surface area contributed by atoms with E-state index in [1.165, 1.54) is 57.8 Å². The molecule has 2 heteroatoms. The first-order valence-electron chi connectivity index (χ1n) is 7.73. The molecule has 0 rings (SSSR count). The fourth-order valence-electron chi connectivity index (χ4n) is 2.21. The predicted molar refractivity (Wildman–Crippen MR) is 78.1 cm³/mol. The highest BCUT2D eigenvalue weighted by atomic mass is 14.8. The van der Waals surface area contributed by atoms with Gasteiger partial charge in [0.2, 0.25) is 0 Å². The standard InChI is InChI=1S/C15H34N2/c1-3-5-6-7-8-9-10-11-12-13-15(17)14(16)4-2/h14-15H,3-13,16-17H2,1-2H3. The Labute approximate surface area is 109 Å². The van der Waals surface area contributed by atoms with Crippen LogP contribution in [-0.2, 0) is 0 Å². The van der Waals surface area contributed by atoms with Crippen LogP contribution in [0.2, 0.25) is 0 Å². The molecular weight excluding hydrogens is 208 g/mol. The van der Waals surface area contributed by atoms with E-state index >= 15 is 0 Å². The van der Waals surface area contributed by atoms with Gasteiger partial charge in [0.05, 0.1) is 0 Å². The highest BCUT2D eigenvalue weighted by molar-refractivity contribution is 4.74. The van der Waals surface area contributed by atoms with Gasteiger partial charge < -0.3 is 11.5 Å². The molecule has 0 fully saturated rings. The number of unbranched alkanes of at least 4 members (excludes halogenated alkanes) is 8. The number of nitrogens with two attached hydrogens (primary N) is 2. The molecule has 0 aromatic carbocycles. The maximum atomic E-state index is 6.00. The topological polar surface area (TPSA) is 52.0 Å². The molecule has 0 bridgehead atoms. The maximum absolute atomic E-state index is 6.00. The van der Waals surface area contributed by atoms with Crippen LogP contribution in [0.1, 0.15) is 84.5 Å². The lowest BCUT2D eigenvalue weighted by molar-refractivity contribution is 0.455. The molecule has 0 aliphatic heterocycles. The van der Waals surface area contributed by atoms with Gasteiger partial charge in [-0.25, -0.2) is 0 Å². The summed E-state index contributed by atoms with van der Waals surface area (Å²) in [7, 11) is 0. The maximum Gasteiger partial charge on any atom is 0.0192 e. The van der Waals surface area contributed by atoms with Crippen molar-refractivity contribution in [3.05, 3.63) is 0 Å². The van der Waals surface area contributed by atoms with E-state index in [0.29, 0.717) is 0 Å². The molecule has 2 atom stereocenters. The molecule has 0 radical (unpaired) electrons. The van der Waals surface area contributed by atoms with Crippen LogP contribution in [0.3, 0.4) is 0 Å². The molecule has 0 heterocycles. The van der Waals surface area contributed by atoms with Crippen LogP contribution < -0.4 is 11.5 Å². The SMILES string of the molecule is CCCCCCCCCCCC(N)C(N)CC. The smallest absolute Gasteiger partial charge is 0.0192 e. The van der Waals surface area contributed by atoms with E-state index in [1.54, 1.807) is 0 Å². The number of rotatable bonds is 12. The summed E-state index contributed by atoms with van der Waals surface area (Å²) in [5.74, 6) is 0. The van der Waals surface area contributed by atoms with Gasteiger partial charge in [-0.1, -0.05) is 71.6 Å². The summed E-state index contributed by atoms with van der Waals surface area (Å²) in [5.41, 5.74) is 11.9. The van der Waals surface area contributed by atoms with Crippen molar-refractivity contribution in [1.29, 1.82) is 0 Å². The first kappa shape index (κ1) is 16.9. The average molecular weight is 242 g/mol. The molecule has 0 aromatic rings.